The molecule has 5 rings (SSSR count). The molecule has 2 aromatic carbocycles. The minimum Gasteiger partial charge on any atom is -0.486 e. The summed E-state index contributed by atoms with van der Waals surface area (Å²) in [5, 5.41) is 0.816. The van der Waals surface area contributed by atoms with Crippen LogP contribution in [0, 0.1) is 0 Å². The zero-order valence-corrected chi connectivity index (χ0v) is 15.2. The van der Waals surface area contributed by atoms with Crippen molar-refractivity contribution in [3.63, 3.8) is 0 Å². The molecule has 2 N–H and O–H groups in total. The number of fused-ring (bicyclic) bond motifs is 3. The minimum absolute atomic E-state index is 0.0930. The molecule has 28 heavy (non-hydrogen) atoms. The third-order valence-electron chi connectivity index (χ3n) is 4.26. The predicted octanol–water partition coefficient (Wildman–Crippen LogP) is 2.93. The van der Waals surface area contributed by atoms with Gasteiger partial charge in [-0.05, 0) is 12.1 Å². The standard InChI is InChI=1S/C19H13N3O5S/c23-17-10-3-1-2-4-13(10)27-9-11(17)18(24)21-22-19-20-12-7-14-15(8-16(12)28-19)26-6-5-25-14/h1-4,7-9H,5-6H2,(H,20,22)(H,21,24). The van der Waals surface area contributed by atoms with E-state index in [1.54, 1.807) is 30.3 Å². The van der Waals surface area contributed by atoms with E-state index in [9.17, 15) is 9.59 Å². The second kappa shape index (κ2) is 6.54. The summed E-state index contributed by atoms with van der Waals surface area (Å²) in [7, 11) is 0. The van der Waals surface area contributed by atoms with Crippen LogP contribution in [0.25, 0.3) is 21.2 Å². The molecule has 0 spiro atoms. The van der Waals surface area contributed by atoms with Crippen molar-refractivity contribution in [2.75, 3.05) is 18.6 Å². The topological polar surface area (TPSA) is 103 Å². The molecule has 140 valence electrons. The van der Waals surface area contributed by atoms with Gasteiger partial charge in [-0.25, -0.2) is 4.98 Å². The van der Waals surface area contributed by atoms with Gasteiger partial charge in [0.15, 0.2) is 11.5 Å². The Hall–Kier alpha value is -3.59. The Kier molecular flexibility index (Phi) is 3.87. The van der Waals surface area contributed by atoms with Crippen LogP contribution in [0.4, 0.5) is 5.13 Å². The average molecular weight is 395 g/mol. The number of thiazole rings is 1. The summed E-state index contributed by atoms with van der Waals surface area (Å²) in [6, 6.07) is 10.4. The monoisotopic (exact) mass is 395 g/mol. The van der Waals surface area contributed by atoms with Crippen LogP contribution in [-0.4, -0.2) is 24.1 Å². The van der Waals surface area contributed by atoms with Gasteiger partial charge in [0, 0.05) is 12.1 Å². The van der Waals surface area contributed by atoms with Gasteiger partial charge >= 0.3 is 0 Å². The molecule has 1 aliphatic rings. The highest BCUT2D eigenvalue weighted by atomic mass is 32.1. The normalized spacial score (nSPS) is 12.9. The third-order valence-corrected chi connectivity index (χ3v) is 5.19. The molecule has 1 amide bonds. The van der Waals surface area contributed by atoms with Crippen LogP contribution in [0.3, 0.4) is 0 Å². The molecule has 9 heteroatoms. The zero-order valence-electron chi connectivity index (χ0n) is 14.4. The summed E-state index contributed by atoms with van der Waals surface area (Å²) >= 11 is 1.34. The van der Waals surface area contributed by atoms with Crippen molar-refractivity contribution in [3.8, 4) is 11.5 Å². The van der Waals surface area contributed by atoms with Gasteiger partial charge in [0.25, 0.3) is 5.91 Å². The van der Waals surface area contributed by atoms with E-state index < -0.39 is 11.3 Å². The number of ether oxygens (including phenoxy) is 2. The van der Waals surface area contributed by atoms with Crippen molar-refractivity contribution in [2.45, 2.75) is 0 Å². The molecular formula is C19H13N3O5S. The van der Waals surface area contributed by atoms with Gasteiger partial charge in [-0.2, -0.15) is 0 Å². The van der Waals surface area contributed by atoms with E-state index in [1.807, 2.05) is 6.07 Å². The second-order valence-corrected chi connectivity index (χ2v) is 7.07. The number of anilines is 1. The number of aromatic nitrogens is 1. The largest absolute Gasteiger partial charge is 0.486 e. The van der Waals surface area contributed by atoms with Crippen LogP contribution in [-0.2, 0) is 0 Å². The predicted molar refractivity (Wildman–Crippen MR) is 104 cm³/mol. The zero-order chi connectivity index (χ0) is 19.1. The van der Waals surface area contributed by atoms with Crippen LogP contribution in [0.1, 0.15) is 10.4 Å². The van der Waals surface area contributed by atoms with Gasteiger partial charge in [-0.15, -0.1) is 0 Å². The summed E-state index contributed by atoms with van der Waals surface area (Å²) in [4.78, 5) is 29.3. The lowest BCUT2D eigenvalue weighted by molar-refractivity contribution is 0.0960. The third kappa shape index (κ3) is 2.81. The molecule has 0 atom stereocenters. The first kappa shape index (κ1) is 16.6. The van der Waals surface area contributed by atoms with Crippen molar-refractivity contribution in [1.82, 2.24) is 10.4 Å². The number of amides is 1. The number of nitrogens with zero attached hydrogens (tertiary/aromatic N) is 1. The molecule has 3 heterocycles. The molecule has 0 aliphatic carbocycles. The molecule has 4 aromatic rings. The van der Waals surface area contributed by atoms with Crippen molar-refractivity contribution >= 4 is 43.6 Å². The Morgan fingerprint density at radius 2 is 1.89 bits per heavy atom. The smallest absolute Gasteiger partial charge is 0.276 e. The number of carbonyl (C=O) groups excluding carboxylic acids is 1. The first-order valence-corrected chi connectivity index (χ1v) is 9.28. The number of nitrogens with one attached hydrogen (secondary N) is 2. The second-order valence-electron chi connectivity index (χ2n) is 6.04. The Bertz CT molecular complexity index is 1240. The molecule has 0 unspecified atom stereocenters. The van der Waals surface area contributed by atoms with Gasteiger partial charge in [0.05, 0.1) is 15.6 Å². The summed E-state index contributed by atoms with van der Waals surface area (Å²) < 4.78 is 17.4. The number of carbonyl (C=O) groups is 1. The fourth-order valence-electron chi connectivity index (χ4n) is 2.93. The fraction of sp³-hybridized carbons (Fsp3) is 0.105. The number of hydrazine groups is 1. The maximum atomic E-state index is 12.5. The van der Waals surface area contributed by atoms with Gasteiger partial charge in [-0.1, -0.05) is 23.5 Å². The average Bonchev–Trinajstić information content (AvgIpc) is 3.12. The number of rotatable bonds is 3. The highest BCUT2D eigenvalue weighted by molar-refractivity contribution is 7.22. The van der Waals surface area contributed by atoms with Gasteiger partial charge in [0.2, 0.25) is 10.6 Å². The first-order chi connectivity index (χ1) is 13.7. The Morgan fingerprint density at radius 1 is 1.11 bits per heavy atom. The van der Waals surface area contributed by atoms with Crippen molar-refractivity contribution in [2.24, 2.45) is 0 Å². The summed E-state index contributed by atoms with van der Waals surface area (Å²) in [5.74, 6) is 0.713. The van der Waals surface area contributed by atoms with E-state index in [4.69, 9.17) is 13.9 Å². The lowest BCUT2D eigenvalue weighted by Crippen LogP contribution is -2.32. The number of benzene rings is 2. The van der Waals surface area contributed by atoms with E-state index in [1.165, 1.54) is 11.3 Å². The maximum absolute atomic E-state index is 12.5. The van der Waals surface area contributed by atoms with Crippen LogP contribution in [0.2, 0.25) is 0 Å². The van der Waals surface area contributed by atoms with E-state index in [2.05, 4.69) is 15.8 Å². The molecule has 0 saturated heterocycles. The van der Waals surface area contributed by atoms with Crippen molar-refractivity contribution in [3.05, 3.63) is 58.4 Å². The van der Waals surface area contributed by atoms with Crippen LogP contribution < -0.4 is 25.8 Å². The van der Waals surface area contributed by atoms with Gasteiger partial charge in [-0.3, -0.25) is 20.4 Å². The molecular weight excluding hydrogens is 382 g/mol. The summed E-state index contributed by atoms with van der Waals surface area (Å²) in [6.45, 7) is 1.00. The molecule has 8 nitrogen and oxygen atoms in total. The Balaban J connectivity index is 1.38. The Labute approximate surface area is 161 Å². The quantitative estimate of drug-likeness (QED) is 0.514. The Morgan fingerprint density at radius 3 is 2.75 bits per heavy atom. The summed E-state index contributed by atoms with van der Waals surface area (Å²) in [6.07, 6.45) is 1.16. The fourth-order valence-corrected chi connectivity index (χ4v) is 3.76. The van der Waals surface area contributed by atoms with Gasteiger partial charge < -0.3 is 13.9 Å². The minimum atomic E-state index is -0.607. The molecule has 2 aromatic heterocycles. The van der Waals surface area contributed by atoms with Crippen LogP contribution in [0.15, 0.2) is 51.9 Å². The molecule has 0 bridgehead atoms. The molecule has 0 fully saturated rings. The molecule has 0 saturated carbocycles. The van der Waals surface area contributed by atoms with E-state index in [0.717, 1.165) is 16.5 Å². The van der Waals surface area contributed by atoms with Gasteiger partial charge in [0.1, 0.15) is 30.6 Å². The van der Waals surface area contributed by atoms with Crippen LogP contribution in [0.5, 0.6) is 11.5 Å². The van der Waals surface area contributed by atoms with Crippen molar-refractivity contribution in [1.29, 1.82) is 0 Å². The molecule has 0 radical (unpaired) electrons. The number of hydrogen-bond donors (Lipinski definition) is 2. The van der Waals surface area contributed by atoms with E-state index in [0.29, 0.717) is 40.8 Å². The lowest BCUT2D eigenvalue weighted by atomic mass is 10.2. The van der Waals surface area contributed by atoms with E-state index in [-0.39, 0.29) is 5.56 Å². The SMILES string of the molecule is O=C(NNc1nc2cc3c(cc2s1)OCCO3)c1coc2ccccc2c1=O. The highest BCUT2D eigenvalue weighted by Gasteiger charge is 2.17. The maximum Gasteiger partial charge on any atom is 0.276 e. The lowest BCUT2D eigenvalue weighted by Gasteiger charge is -2.17. The number of para-hydroxylation sites is 1. The van der Waals surface area contributed by atoms with E-state index >= 15 is 0 Å². The number of hydrogen-bond acceptors (Lipinski definition) is 8. The summed E-state index contributed by atoms with van der Waals surface area (Å²) in [5.41, 5.74) is 5.89. The van der Waals surface area contributed by atoms with Crippen molar-refractivity contribution < 1.29 is 18.7 Å². The first-order valence-electron chi connectivity index (χ1n) is 8.46. The van der Waals surface area contributed by atoms with Crippen LogP contribution >= 0.6 is 11.3 Å². The molecule has 1 aliphatic heterocycles. The highest BCUT2D eigenvalue weighted by Crippen LogP contribution is 2.37.